The lowest BCUT2D eigenvalue weighted by Gasteiger charge is -2.49. The average molecular weight is 506 g/mol. The highest BCUT2D eigenvalue weighted by molar-refractivity contribution is 8.01. The number of nitrogens with one attached hydrogen (secondary N) is 2. The van der Waals surface area contributed by atoms with Crippen LogP contribution in [-0.4, -0.2) is 81.9 Å². The summed E-state index contributed by atoms with van der Waals surface area (Å²) < 4.78 is 1.46. The second-order valence-electron chi connectivity index (χ2n) is 7.26. The van der Waals surface area contributed by atoms with Crippen LogP contribution in [0.1, 0.15) is 11.6 Å². The van der Waals surface area contributed by atoms with E-state index in [0.717, 1.165) is 0 Å². The predicted octanol–water partition coefficient (Wildman–Crippen LogP) is -1.15. The summed E-state index contributed by atoms with van der Waals surface area (Å²) in [7, 11) is 1.67. The van der Waals surface area contributed by atoms with E-state index in [9.17, 15) is 24.3 Å². The van der Waals surface area contributed by atoms with E-state index in [1.807, 2.05) is 0 Å². The number of carboxylic acids is 1. The Labute approximate surface area is 200 Å². The van der Waals surface area contributed by atoms with E-state index in [0.29, 0.717) is 22.0 Å². The fourth-order valence-corrected chi connectivity index (χ4v) is 5.85. The minimum atomic E-state index is -1.24. The summed E-state index contributed by atoms with van der Waals surface area (Å²) in [5.41, 5.74) is 6.01. The number of aryl methyl sites for hydroxylation is 1. The molecule has 2 aromatic rings. The third-order valence-corrected chi connectivity index (χ3v) is 7.51. The molecule has 0 spiro atoms. The van der Waals surface area contributed by atoms with Crippen LogP contribution in [-0.2, 0) is 21.4 Å². The Bertz CT molecular complexity index is 1170. The number of urea groups is 1. The molecule has 5 N–H and O–H groups in total. The molecule has 3 atom stereocenters. The topological polar surface area (TPSA) is 198 Å². The molecule has 1 saturated heterocycles. The summed E-state index contributed by atoms with van der Waals surface area (Å²) in [5, 5.41) is 25.8. The maximum absolute atomic E-state index is 12.9. The van der Waals surface area contributed by atoms with E-state index in [2.05, 4.69) is 31.1 Å². The second kappa shape index (κ2) is 9.68. The number of primary amides is 1. The molecule has 178 valence electrons. The lowest BCUT2D eigenvalue weighted by atomic mass is 10.0. The minimum absolute atomic E-state index is 0.110. The molecule has 14 nitrogen and oxygen atoms in total. The third-order valence-electron chi connectivity index (χ3n) is 5.07. The number of thioether (sulfide) groups is 2. The number of rotatable bonds is 8. The summed E-state index contributed by atoms with van der Waals surface area (Å²) in [5.74, 6) is -1.84. The first-order valence-corrected chi connectivity index (χ1v) is 11.8. The molecule has 16 heteroatoms. The van der Waals surface area contributed by atoms with Crippen molar-refractivity contribution in [3.63, 3.8) is 0 Å². The van der Waals surface area contributed by atoms with Gasteiger partial charge in [0, 0.05) is 36.5 Å². The van der Waals surface area contributed by atoms with Crippen molar-refractivity contribution in [1.29, 1.82) is 0 Å². The van der Waals surface area contributed by atoms with E-state index in [1.54, 1.807) is 19.2 Å². The summed E-state index contributed by atoms with van der Waals surface area (Å²) in [4.78, 5) is 54.3. The van der Waals surface area contributed by atoms with E-state index in [-0.39, 0.29) is 11.4 Å². The molecule has 0 radical (unpaired) electrons. The molecule has 0 aromatic carbocycles. The van der Waals surface area contributed by atoms with Crippen molar-refractivity contribution in [3.8, 4) is 0 Å². The van der Waals surface area contributed by atoms with E-state index in [4.69, 9.17) is 5.73 Å². The Hall–Kier alpha value is -3.66. The van der Waals surface area contributed by atoms with Gasteiger partial charge >= 0.3 is 12.0 Å². The summed E-state index contributed by atoms with van der Waals surface area (Å²) >= 11 is 2.59. The molecule has 4 amide bonds. The molecule has 2 aliphatic heterocycles. The molecule has 2 unspecified atom stereocenters. The molecule has 0 aliphatic carbocycles. The number of aromatic nitrogens is 5. The first-order chi connectivity index (χ1) is 16.3. The van der Waals surface area contributed by atoms with Crippen molar-refractivity contribution in [2.45, 2.75) is 22.6 Å². The number of carboxylic acid groups (broad SMARTS) is 1. The number of hydrogen-bond donors (Lipinski definition) is 4. The number of carbonyl (C=O) groups is 4. The van der Waals surface area contributed by atoms with Gasteiger partial charge in [0.1, 0.15) is 23.2 Å². The Morgan fingerprint density at radius 1 is 1.41 bits per heavy atom. The number of β-lactam (4-membered cyclic amide) rings is 1. The molecular weight excluding hydrogens is 486 g/mol. The van der Waals surface area contributed by atoms with Gasteiger partial charge in [0.25, 0.3) is 5.91 Å². The molecule has 4 rings (SSSR count). The van der Waals surface area contributed by atoms with Crippen LogP contribution in [0.2, 0.25) is 0 Å². The van der Waals surface area contributed by atoms with Gasteiger partial charge in [0.15, 0.2) is 0 Å². The lowest BCUT2D eigenvalue weighted by Crippen LogP contribution is -2.71. The van der Waals surface area contributed by atoms with Crippen LogP contribution >= 0.6 is 23.5 Å². The molecular formula is C18H19N9O5S2. The summed E-state index contributed by atoms with van der Waals surface area (Å²) in [6.07, 6.45) is 2.90. The first-order valence-electron chi connectivity index (χ1n) is 9.79. The van der Waals surface area contributed by atoms with Crippen molar-refractivity contribution in [2.24, 2.45) is 12.8 Å². The van der Waals surface area contributed by atoms with E-state index in [1.165, 1.54) is 45.5 Å². The summed E-state index contributed by atoms with van der Waals surface area (Å²) in [6.45, 7) is 0. The molecule has 4 heterocycles. The second-order valence-corrected chi connectivity index (χ2v) is 9.30. The minimum Gasteiger partial charge on any atom is -0.477 e. The summed E-state index contributed by atoms with van der Waals surface area (Å²) in [6, 6.07) is 0.126. The zero-order chi connectivity index (χ0) is 24.4. The Kier molecular flexibility index (Phi) is 6.69. The highest BCUT2D eigenvalue weighted by Crippen LogP contribution is 2.41. The fourth-order valence-electron chi connectivity index (χ4n) is 3.52. The van der Waals surface area contributed by atoms with Gasteiger partial charge in [-0.15, -0.1) is 16.9 Å². The number of hydrogen-bond acceptors (Lipinski definition) is 10. The third kappa shape index (κ3) is 4.54. The zero-order valence-corrected chi connectivity index (χ0v) is 19.2. The van der Waals surface area contributed by atoms with Crippen molar-refractivity contribution in [1.82, 2.24) is 40.7 Å². The highest BCUT2D eigenvalue weighted by atomic mass is 32.2. The van der Waals surface area contributed by atoms with Crippen LogP contribution in [0.5, 0.6) is 0 Å². The van der Waals surface area contributed by atoms with E-state index >= 15 is 0 Å². The molecule has 1 fully saturated rings. The zero-order valence-electron chi connectivity index (χ0n) is 17.6. The SMILES string of the molecule is Cn1nnnc1SCC1=C(C(=O)O)N2C(=O)[C@@H](NC(=O)C(NC(N)=O)c3cccnc3)C2SC1. The van der Waals surface area contributed by atoms with Crippen molar-refractivity contribution < 1.29 is 24.3 Å². The number of nitrogens with two attached hydrogens (primary N) is 1. The largest absolute Gasteiger partial charge is 0.477 e. The first kappa shape index (κ1) is 23.5. The molecule has 0 bridgehead atoms. The van der Waals surface area contributed by atoms with Gasteiger partial charge in [-0.2, -0.15) is 0 Å². The number of tetrazole rings is 1. The van der Waals surface area contributed by atoms with Gasteiger partial charge in [0.05, 0.1) is 0 Å². The van der Waals surface area contributed by atoms with Gasteiger partial charge < -0.3 is 21.5 Å². The normalized spacial score (nSPS) is 20.3. The van der Waals surface area contributed by atoms with Gasteiger partial charge in [0.2, 0.25) is 11.1 Å². The predicted molar refractivity (Wildman–Crippen MR) is 119 cm³/mol. The van der Waals surface area contributed by atoms with Crippen molar-refractivity contribution >= 4 is 47.3 Å². The number of pyridine rings is 1. The van der Waals surface area contributed by atoms with Gasteiger partial charge in [-0.3, -0.25) is 19.5 Å². The van der Waals surface area contributed by atoms with Gasteiger partial charge in [-0.1, -0.05) is 17.8 Å². The van der Waals surface area contributed by atoms with Gasteiger partial charge in [-0.05, 0) is 22.1 Å². The quantitative estimate of drug-likeness (QED) is 0.249. The van der Waals surface area contributed by atoms with Crippen LogP contribution in [0.3, 0.4) is 0 Å². The molecule has 34 heavy (non-hydrogen) atoms. The molecule has 2 aliphatic rings. The van der Waals surface area contributed by atoms with Crippen LogP contribution in [0.15, 0.2) is 41.0 Å². The van der Waals surface area contributed by atoms with Crippen LogP contribution in [0.25, 0.3) is 0 Å². The van der Waals surface area contributed by atoms with Gasteiger partial charge in [-0.25, -0.2) is 14.3 Å². The lowest BCUT2D eigenvalue weighted by molar-refractivity contribution is -0.150. The van der Waals surface area contributed by atoms with Crippen LogP contribution in [0, 0.1) is 0 Å². The fraction of sp³-hybridized carbons (Fsp3) is 0.333. The standard InChI is InChI=1S/C18H19N9O5S2/c1-26-18(23-24-25-26)34-7-9-6-33-15-11(14(29)27(15)12(9)16(30)31)21-13(28)10(22-17(19)32)8-3-2-4-20-5-8/h2-5,10-11,15H,6-7H2,1H3,(H,21,28)(H,30,31)(H3,19,22,32)/t10?,11-,15?/m1/s1. The highest BCUT2D eigenvalue weighted by Gasteiger charge is 2.54. The maximum atomic E-state index is 12.9. The number of nitrogens with zero attached hydrogens (tertiary/aromatic N) is 6. The van der Waals surface area contributed by atoms with E-state index < -0.39 is 41.3 Å². The monoisotopic (exact) mass is 505 g/mol. The number of aliphatic carboxylic acids is 1. The smallest absolute Gasteiger partial charge is 0.352 e. The maximum Gasteiger partial charge on any atom is 0.352 e. The van der Waals surface area contributed by atoms with Crippen molar-refractivity contribution in [2.75, 3.05) is 11.5 Å². The van der Waals surface area contributed by atoms with Crippen molar-refractivity contribution in [3.05, 3.63) is 41.4 Å². The molecule has 0 saturated carbocycles. The number of carbonyl (C=O) groups excluding carboxylic acids is 3. The average Bonchev–Trinajstić information content (AvgIpc) is 3.23. The van der Waals surface area contributed by atoms with Crippen LogP contribution < -0.4 is 16.4 Å². The Morgan fingerprint density at radius 2 is 2.21 bits per heavy atom. The Balaban J connectivity index is 1.49. The molecule has 2 aromatic heterocycles. The van der Waals surface area contributed by atoms with Crippen LogP contribution in [0.4, 0.5) is 4.79 Å². The number of amides is 4. The Morgan fingerprint density at radius 3 is 2.82 bits per heavy atom. The number of fused-ring (bicyclic) bond motifs is 1.